The lowest BCUT2D eigenvalue weighted by atomic mass is 9.91. The summed E-state index contributed by atoms with van der Waals surface area (Å²) in [5, 5.41) is 25.6. The van der Waals surface area contributed by atoms with Crippen molar-refractivity contribution in [3.63, 3.8) is 0 Å². The maximum atomic E-state index is 14.4. The van der Waals surface area contributed by atoms with E-state index >= 15 is 0 Å². The van der Waals surface area contributed by atoms with Gasteiger partial charge in [0.25, 0.3) is 0 Å². The van der Waals surface area contributed by atoms with Crippen LogP contribution in [0.2, 0.25) is 0 Å². The number of aliphatic hydroxyl groups is 1. The maximum Gasteiger partial charge on any atom is 0.305 e. The third-order valence-corrected chi connectivity index (χ3v) is 7.12. The Hall–Kier alpha value is -4.43. The first-order chi connectivity index (χ1) is 18.8. The molecule has 0 aliphatic carbocycles. The van der Waals surface area contributed by atoms with Gasteiger partial charge < -0.3 is 10.2 Å². The second kappa shape index (κ2) is 11.1. The van der Waals surface area contributed by atoms with Crippen LogP contribution in [0.1, 0.15) is 41.3 Å². The summed E-state index contributed by atoms with van der Waals surface area (Å²) in [4.78, 5) is 20.6. The highest BCUT2D eigenvalue weighted by Crippen LogP contribution is 2.33. The molecule has 0 fully saturated rings. The van der Waals surface area contributed by atoms with Crippen molar-refractivity contribution in [1.29, 1.82) is 0 Å². The SMILES string of the molecule is Cc1nc(-c2cc(CO)ccc2F)ncc1Cc1ccc(N2N=C(c3ccccc3)[C@@H](C)[C@@H]2CC(=O)O)cc1. The van der Waals surface area contributed by atoms with Crippen LogP contribution >= 0.6 is 0 Å². The number of rotatable bonds is 8. The molecule has 0 saturated heterocycles. The van der Waals surface area contributed by atoms with Crippen molar-refractivity contribution in [2.45, 2.75) is 39.3 Å². The Kier molecular flexibility index (Phi) is 7.47. The number of halogens is 1. The number of hydrogen-bond acceptors (Lipinski definition) is 6. The zero-order valence-corrected chi connectivity index (χ0v) is 21.8. The first kappa shape index (κ1) is 26.2. The average Bonchev–Trinajstić information content (AvgIpc) is 3.26. The molecule has 0 bridgehead atoms. The van der Waals surface area contributed by atoms with Crippen molar-refractivity contribution < 1.29 is 19.4 Å². The number of hydrazone groups is 1. The largest absolute Gasteiger partial charge is 0.481 e. The molecule has 2 N–H and O–H groups in total. The van der Waals surface area contributed by atoms with Crippen LogP contribution in [0.5, 0.6) is 0 Å². The smallest absolute Gasteiger partial charge is 0.305 e. The highest BCUT2D eigenvalue weighted by Gasteiger charge is 2.37. The quantitative estimate of drug-likeness (QED) is 0.321. The zero-order chi connectivity index (χ0) is 27.5. The van der Waals surface area contributed by atoms with Crippen LogP contribution in [-0.4, -0.2) is 37.9 Å². The van der Waals surface area contributed by atoms with Gasteiger partial charge in [-0.2, -0.15) is 5.10 Å². The van der Waals surface area contributed by atoms with Gasteiger partial charge in [-0.25, -0.2) is 14.4 Å². The minimum atomic E-state index is -0.861. The lowest BCUT2D eigenvalue weighted by Gasteiger charge is -2.25. The van der Waals surface area contributed by atoms with Gasteiger partial charge in [0.2, 0.25) is 0 Å². The molecule has 3 aromatic carbocycles. The molecule has 0 saturated carbocycles. The summed E-state index contributed by atoms with van der Waals surface area (Å²) in [6.07, 6.45) is 2.27. The summed E-state index contributed by atoms with van der Waals surface area (Å²) >= 11 is 0. The van der Waals surface area contributed by atoms with Crippen LogP contribution < -0.4 is 5.01 Å². The van der Waals surface area contributed by atoms with Gasteiger partial charge in [-0.05, 0) is 53.4 Å². The Balaban J connectivity index is 1.37. The Morgan fingerprint density at radius 2 is 1.74 bits per heavy atom. The van der Waals surface area contributed by atoms with Crippen LogP contribution in [0.25, 0.3) is 11.4 Å². The molecule has 0 amide bonds. The van der Waals surface area contributed by atoms with Gasteiger partial charge in [-0.3, -0.25) is 9.80 Å². The molecule has 1 aromatic heterocycles. The molecule has 39 heavy (non-hydrogen) atoms. The molecule has 0 unspecified atom stereocenters. The summed E-state index contributed by atoms with van der Waals surface area (Å²) in [6, 6.07) is 21.8. The third kappa shape index (κ3) is 5.56. The molecule has 4 aromatic rings. The van der Waals surface area contributed by atoms with Crippen LogP contribution in [0, 0.1) is 18.7 Å². The van der Waals surface area contributed by atoms with Gasteiger partial charge in [0, 0.05) is 24.2 Å². The number of aromatic nitrogens is 2. The van der Waals surface area contributed by atoms with Gasteiger partial charge in [-0.15, -0.1) is 0 Å². The highest BCUT2D eigenvalue weighted by molar-refractivity contribution is 6.05. The minimum absolute atomic E-state index is 0.0204. The van der Waals surface area contributed by atoms with Crippen LogP contribution in [-0.2, 0) is 17.8 Å². The van der Waals surface area contributed by atoms with Crippen molar-refractivity contribution in [2.75, 3.05) is 5.01 Å². The average molecular weight is 525 g/mol. The van der Waals surface area contributed by atoms with E-state index in [0.717, 1.165) is 33.8 Å². The number of aliphatic carboxylic acids is 1. The second-order valence-corrected chi connectivity index (χ2v) is 9.77. The normalized spacial score (nSPS) is 16.8. The molecule has 1 aliphatic rings. The molecule has 0 spiro atoms. The fourth-order valence-corrected chi connectivity index (χ4v) is 4.92. The van der Waals surface area contributed by atoms with E-state index in [2.05, 4.69) is 9.97 Å². The van der Waals surface area contributed by atoms with E-state index in [1.165, 1.54) is 12.1 Å². The summed E-state index contributed by atoms with van der Waals surface area (Å²) in [7, 11) is 0. The van der Waals surface area contributed by atoms with E-state index in [1.54, 1.807) is 12.3 Å². The number of carboxylic acid groups (broad SMARTS) is 1. The lowest BCUT2D eigenvalue weighted by molar-refractivity contribution is -0.137. The maximum absolute atomic E-state index is 14.4. The highest BCUT2D eigenvalue weighted by atomic mass is 19.1. The van der Waals surface area contributed by atoms with Gasteiger partial charge in [-0.1, -0.05) is 55.5 Å². The van der Waals surface area contributed by atoms with E-state index in [9.17, 15) is 19.4 Å². The van der Waals surface area contributed by atoms with E-state index in [4.69, 9.17) is 5.10 Å². The van der Waals surface area contributed by atoms with Gasteiger partial charge in [0.05, 0.1) is 36.0 Å². The molecule has 2 heterocycles. The summed E-state index contributed by atoms with van der Waals surface area (Å²) in [5.41, 5.74) is 6.22. The zero-order valence-electron chi connectivity index (χ0n) is 21.8. The second-order valence-electron chi connectivity index (χ2n) is 9.77. The van der Waals surface area contributed by atoms with Gasteiger partial charge >= 0.3 is 5.97 Å². The fourth-order valence-electron chi connectivity index (χ4n) is 4.92. The van der Waals surface area contributed by atoms with Crippen LogP contribution in [0.3, 0.4) is 0 Å². The minimum Gasteiger partial charge on any atom is -0.481 e. The molecule has 5 rings (SSSR count). The Bertz CT molecular complexity index is 1520. The molecule has 8 heteroatoms. The summed E-state index contributed by atoms with van der Waals surface area (Å²) < 4.78 is 14.4. The van der Waals surface area contributed by atoms with Crippen molar-refractivity contribution in [2.24, 2.45) is 11.0 Å². The summed E-state index contributed by atoms with van der Waals surface area (Å²) in [5.74, 6) is -1.08. The molecular formula is C31H29FN4O3. The Labute approximate surface area is 226 Å². The number of nitrogens with zero attached hydrogens (tertiary/aromatic N) is 4. The Morgan fingerprint density at radius 1 is 1.03 bits per heavy atom. The number of anilines is 1. The molecule has 198 valence electrons. The molecular weight excluding hydrogens is 495 g/mol. The van der Waals surface area contributed by atoms with Gasteiger partial charge in [0.15, 0.2) is 5.82 Å². The first-order valence-electron chi connectivity index (χ1n) is 12.8. The number of hydrogen-bond donors (Lipinski definition) is 2. The Morgan fingerprint density at radius 3 is 2.41 bits per heavy atom. The van der Waals surface area contributed by atoms with E-state index in [0.29, 0.717) is 12.0 Å². The lowest BCUT2D eigenvalue weighted by Crippen LogP contribution is -2.34. The topological polar surface area (TPSA) is 98.9 Å². The van der Waals surface area contributed by atoms with E-state index in [1.807, 2.05) is 73.5 Å². The van der Waals surface area contributed by atoms with Crippen LogP contribution in [0.4, 0.5) is 10.1 Å². The first-order valence-corrected chi connectivity index (χ1v) is 12.8. The third-order valence-electron chi connectivity index (χ3n) is 7.12. The predicted molar refractivity (Wildman–Crippen MR) is 148 cm³/mol. The molecule has 2 atom stereocenters. The number of aliphatic hydroxyl groups excluding tert-OH is 1. The number of carbonyl (C=O) groups is 1. The van der Waals surface area contributed by atoms with Crippen LogP contribution in [0.15, 0.2) is 84.1 Å². The van der Waals surface area contributed by atoms with Crippen molar-refractivity contribution in [3.8, 4) is 11.4 Å². The standard InChI is InChI=1S/C31H29FN4O3/c1-19-28(16-29(38)39)36(35-30(19)23-6-4-3-5-7-23)25-11-8-21(9-12-25)14-24-17-33-31(34-20(24)2)26-15-22(18-37)10-13-27(26)32/h3-13,15,17,19,28,37H,14,16,18H2,1-2H3,(H,38,39)/t19-,28-/m0/s1. The number of carboxylic acids is 1. The fraction of sp³-hybridized carbons (Fsp3) is 0.226. The molecule has 0 radical (unpaired) electrons. The number of aryl methyl sites for hydroxylation is 1. The van der Waals surface area contributed by atoms with Crippen molar-refractivity contribution >= 4 is 17.4 Å². The summed E-state index contributed by atoms with van der Waals surface area (Å²) in [6.45, 7) is 3.70. The van der Waals surface area contributed by atoms with Crippen molar-refractivity contribution in [1.82, 2.24) is 9.97 Å². The molecule has 1 aliphatic heterocycles. The van der Waals surface area contributed by atoms with E-state index < -0.39 is 11.8 Å². The van der Waals surface area contributed by atoms with Crippen molar-refractivity contribution in [3.05, 3.63) is 113 Å². The van der Waals surface area contributed by atoms with Gasteiger partial charge in [0.1, 0.15) is 5.82 Å². The predicted octanol–water partition coefficient (Wildman–Crippen LogP) is 5.38. The van der Waals surface area contributed by atoms with E-state index in [-0.39, 0.29) is 36.4 Å². The molecule has 7 nitrogen and oxygen atoms in total. The monoisotopic (exact) mass is 524 g/mol. The number of benzene rings is 3.